The Morgan fingerprint density at radius 3 is 2.71 bits per heavy atom. The topological polar surface area (TPSA) is 49.3 Å². The van der Waals surface area contributed by atoms with Crippen LogP contribution in [-0.4, -0.2) is 11.1 Å². The normalized spacial score (nSPS) is 40.8. The van der Waals surface area contributed by atoms with Gasteiger partial charge in [0.25, 0.3) is 0 Å². The fourth-order valence-electron chi connectivity index (χ4n) is 4.50. The predicted molar refractivity (Wildman–Crippen MR) is 64.3 cm³/mol. The SMILES string of the molecule is O=C(NO)C1CC2C=CC1(C1CCCCC1)C2. The van der Waals surface area contributed by atoms with Crippen molar-refractivity contribution in [3.05, 3.63) is 12.2 Å². The molecule has 3 nitrogen and oxygen atoms in total. The Morgan fingerprint density at radius 1 is 1.29 bits per heavy atom. The van der Waals surface area contributed by atoms with Crippen LogP contribution in [0, 0.1) is 23.2 Å². The number of nitrogens with one attached hydrogen (secondary N) is 1. The summed E-state index contributed by atoms with van der Waals surface area (Å²) in [5.41, 5.74) is 1.95. The quantitative estimate of drug-likeness (QED) is 0.439. The highest BCUT2D eigenvalue weighted by atomic mass is 16.5. The summed E-state index contributed by atoms with van der Waals surface area (Å²) in [6.45, 7) is 0. The first-order chi connectivity index (χ1) is 8.26. The molecule has 0 spiro atoms. The number of rotatable bonds is 2. The molecule has 2 bridgehead atoms. The zero-order chi connectivity index (χ0) is 11.9. The molecule has 2 fully saturated rings. The zero-order valence-electron chi connectivity index (χ0n) is 10.2. The predicted octanol–water partition coefficient (Wildman–Crippen LogP) is 2.65. The molecule has 2 N–H and O–H groups in total. The first-order valence-electron chi connectivity index (χ1n) is 6.89. The van der Waals surface area contributed by atoms with Gasteiger partial charge >= 0.3 is 0 Å². The molecule has 0 aliphatic heterocycles. The average Bonchev–Trinajstić information content (AvgIpc) is 2.98. The van der Waals surface area contributed by atoms with Crippen LogP contribution in [0.5, 0.6) is 0 Å². The van der Waals surface area contributed by atoms with Gasteiger partial charge in [0.2, 0.25) is 5.91 Å². The Kier molecular flexibility index (Phi) is 2.74. The van der Waals surface area contributed by atoms with Crippen LogP contribution in [0.2, 0.25) is 0 Å². The molecule has 94 valence electrons. The molecule has 3 unspecified atom stereocenters. The first-order valence-corrected chi connectivity index (χ1v) is 6.89. The van der Waals surface area contributed by atoms with Crippen molar-refractivity contribution < 1.29 is 10.0 Å². The highest BCUT2D eigenvalue weighted by Gasteiger charge is 2.55. The maximum atomic E-state index is 11.9. The number of carbonyl (C=O) groups is 1. The van der Waals surface area contributed by atoms with E-state index in [0.717, 1.165) is 12.8 Å². The average molecular weight is 235 g/mol. The summed E-state index contributed by atoms with van der Waals surface area (Å²) in [6.07, 6.45) is 13.1. The van der Waals surface area contributed by atoms with E-state index in [1.807, 2.05) is 5.48 Å². The number of hydroxylamine groups is 1. The van der Waals surface area contributed by atoms with Gasteiger partial charge in [0, 0.05) is 11.3 Å². The second-order valence-corrected chi connectivity index (χ2v) is 6.03. The van der Waals surface area contributed by atoms with Gasteiger partial charge < -0.3 is 0 Å². The highest BCUT2D eigenvalue weighted by molar-refractivity contribution is 5.79. The van der Waals surface area contributed by atoms with Crippen molar-refractivity contribution in [1.29, 1.82) is 0 Å². The molecule has 0 saturated heterocycles. The van der Waals surface area contributed by atoms with Gasteiger partial charge in [-0.1, -0.05) is 31.4 Å². The summed E-state index contributed by atoms with van der Waals surface area (Å²) in [6, 6.07) is 0. The molecule has 0 heterocycles. The van der Waals surface area contributed by atoms with Gasteiger partial charge in [0.05, 0.1) is 0 Å². The molecule has 2 saturated carbocycles. The van der Waals surface area contributed by atoms with Crippen molar-refractivity contribution in [2.75, 3.05) is 0 Å². The van der Waals surface area contributed by atoms with Crippen LogP contribution >= 0.6 is 0 Å². The number of hydrogen-bond donors (Lipinski definition) is 2. The largest absolute Gasteiger partial charge is 0.289 e. The van der Waals surface area contributed by atoms with Gasteiger partial charge in [-0.3, -0.25) is 10.0 Å². The first kappa shape index (κ1) is 11.3. The molecule has 0 radical (unpaired) electrons. The molecule has 3 rings (SSSR count). The Morgan fingerprint density at radius 2 is 2.06 bits per heavy atom. The molecule has 3 atom stereocenters. The van der Waals surface area contributed by atoms with E-state index in [2.05, 4.69) is 12.2 Å². The standard InChI is InChI=1S/C14H21NO2/c16-13(15-17)12-8-10-6-7-14(12,9-10)11-4-2-1-3-5-11/h6-7,10-12,17H,1-5,8-9H2,(H,15,16). The summed E-state index contributed by atoms with van der Waals surface area (Å²) in [5, 5.41) is 8.91. The zero-order valence-corrected chi connectivity index (χ0v) is 10.2. The van der Waals surface area contributed by atoms with Gasteiger partial charge in [-0.05, 0) is 37.5 Å². The van der Waals surface area contributed by atoms with E-state index < -0.39 is 0 Å². The fraction of sp³-hybridized carbons (Fsp3) is 0.786. The Hall–Kier alpha value is -0.830. The van der Waals surface area contributed by atoms with Gasteiger partial charge in [0.1, 0.15) is 0 Å². The van der Waals surface area contributed by atoms with Crippen molar-refractivity contribution in [3.8, 4) is 0 Å². The van der Waals surface area contributed by atoms with Crippen molar-refractivity contribution in [2.24, 2.45) is 23.2 Å². The number of hydrogen-bond acceptors (Lipinski definition) is 2. The monoisotopic (exact) mass is 235 g/mol. The van der Waals surface area contributed by atoms with Gasteiger partial charge in [0.15, 0.2) is 0 Å². The highest BCUT2D eigenvalue weighted by Crippen LogP contribution is 2.60. The molecule has 3 aliphatic carbocycles. The smallest absolute Gasteiger partial charge is 0.247 e. The number of allylic oxidation sites excluding steroid dienone is 2. The molecular weight excluding hydrogens is 214 g/mol. The minimum Gasteiger partial charge on any atom is -0.289 e. The third kappa shape index (κ3) is 1.63. The molecule has 1 amide bonds. The van der Waals surface area contributed by atoms with Crippen molar-refractivity contribution in [2.45, 2.75) is 44.9 Å². The molecular formula is C14H21NO2. The molecule has 0 aromatic carbocycles. The summed E-state index contributed by atoms with van der Waals surface area (Å²) in [5.74, 6) is 1.06. The van der Waals surface area contributed by atoms with E-state index in [1.54, 1.807) is 0 Å². The van der Waals surface area contributed by atoms with Crippen molar-refractivity contribution >= 4 is 5.91 Å². The molecule has 3 aliphatic rings. The maximum absolute atomic E-state index is 11.9. The van der Waals surface area contributed by atoms with E-state index in [0.29, 0.717) is 11.8 Å². The summed E-state index contributed by atoms with van der Waals surface area (Å²) in [7, 11) is 0. The second-order valence-electron chi connectivity index (χ2n) is 6.03. The van der Waals surface area contributed by atoms with Crippen molar-refractivity contribution in [1.82, 2.24) is 5.48 Å². The lowest BCUT2D eigenvalue weighted by Crippen LogP contribution is -2.41. The summed E-state index contributed by atoms with van der Waals surface area (Å²) in [4.78, 5) is 11.9. The Labute approximate surface area is 102 Å². The number of carbonyl (C=O) groups excluding carboxylic acids is 1. The van der Waals surface area contributed by atoms with Crippen LogP contribution in [0.1, 0.15) is 44.9 Å². The lowest BCUT2D eigenvalue weighted by Gasteiger charge is -2.40. The molecule has 0 aromatic heterocycles. The Bertz CT molecular complexity index is 346. The van der Waals surface area contributed by atoms with E-state index in [4.69, 9.17) is 5.21 Å². The van der Waals surface area contributed by atoms with Gasteiger partial charge in [-0.15, -0.1) is 0 Å². The summed E-state index contributed by atoms with van der Waals surface area (Å²) < 4.78 is 0. The maximum Gasteiger partial charge on any atom is 0.247 e. The third-order valence-electron chi connectivity index (χ3n) is 5.27. The fourth-order valence-corrected chi connectivity index (χ4v) is 4.50. The van der Waals surface area contributed by atoms with E-state index >= 15 is 0 Å². The summed E-state index contributed by atoms with van der Waals surface area (Å²) >= 11 is 0. The lowest BCUT2D eigenvalue weighted by atomic mass is 9.63. The second kappa shape index (κ2) is 4.13. The Balaban J connectivity index is 1.86. The van der Waals surface area contributed by atoms with Crippen LogP contribution in [0.25, 0.3) is 0 Å². The van der Waals surface area contributed by atoms with Crippen molar-refractivity contribution in [3.63, 3.8) is 0 Å². The minimum atomic E-state index is -0.164. The third-order valence-corrected chi connectivity index (χ3v) is 5.27. The lowest BCUT2D eigenvalue weighted by molar-refractivity contribution is -0.137. The number of fused-ring (bicyclic) bond motifs is 2. The van der Waals surface area contributed by atoms with E-state index in [-0.39, 0.29) is 17.2 Å². The van der Waals surface area contributed by atoms with Crippen LogP contribution in [-0.2, 0) is 4.79 Å². The van der Waals surface area contributed by atoms with Crippen LogP contribution in [0.3, 0.4) is 0 Å². The minimum absolute atomic E-state index is 0.00519. The van der Waals surface area contributed by atoms with Gasteiger partial charge in [-0.2, -0.15) is 0 Å². The van der Waals surface area contributed by atoms with E-state index in [9.17, 15) is 4.79 Å². The van der Waals surface area contributed by atoms with Gasteiger partial charge in [-0.25, -0.2) is 5.48 Å². The molecule has 3 heteroatoms. The molecule has 0 aromatic rings. The van der Waals surface area contributed by atoms with Crippen LogP contribution < -0.4 is 5.48 Å². The molecule has 17 heavy (non-hydrogen) atoms. The van der Waals surface area contributed by atoms with E-state index in [1.165, 1.54) is 32.1 Å². The number of amides is 1. The van der Waals surface area contributed by atoms with Crippen LogP contribution in [0.4, 0.5) is 0 Å². The van der Waals surface area contributed by atoms with Crippen LogP contribution in [0.15, 0.2) is 12.2 Å².